The predicted molar refractivity (Wildman–Crippen MR) is 59.7 cm³/mol. The summed E-state index contributed by atoms with van der Waals surface area (Å²) in [5.41, 5.74) is 2.60. The van der Waals surface area contributed by atoms with Crippen molar-refractivity contribution in [3.05, 3.63) is 60.0 Å². The zero-order valence-corrected chi connectivity index (χ0v) is 8.06. The summed E-state index contributed by atoms with van der Waals surface area (Å²) in [6.07, 6.45) is 16.7. The van der Waals surface area contributed by atoms with E-state index in [2.05, 4.69) is 35.4 Å². The lowest BCUT2D eigenvalue weighted by molar-refractivity contribution is 0.992. The van der Waals surface area contributed by atoms with Crippen LogP contribution in [0.1, 0.15) is 18.4 Å². The second-order valence-corrected chi connectivity index (χ2v) is 3.32. The van der Waals surface area contributed by atoms with Gasteiger partial charge in [-0.05, 0) is 36.1 Å². The summed E-state index contributed by atoms with van der Waals surface area (Å²) >= 11 is 0. The van der Waals surface area contributed by atoms with Gasteiger partial charge in [-0.1, -0.05) is 30.4 Å². The fourth-order valence-electron chi connectivity index (χ4n) is 1.44. The number of nitrogens with zero attached hydrogens (tertiary/aromatic N) is 1. The summed E-state index contributed by atoms with van der Waals surface area (Å²) in [5.74, 6) is 0. The fourth-order valence-corrected chi connectivity index (χ4v) is 1.44. The smallest absolute Gasteiger partial charge is 0.0273 e. The first kappa shape index (κ1) is 8.95. The molecule has 0 radical (unpaired) electrons. The lowest BCUT2D eigenvalue weighted by Gasteiger charge is -2.02. The van der Waals surface area contributed by atoms with Gasteiger partial charge in [0, 0.05) is 12.4 Å². The van der Waals surface area contributed by atoms with Crippen LogP contribution in [0.2, 0.25) is 0 Å². The van der Waals surface area contributed by atoms with Crippen molar-refractivity contribution in [3.63, 3.8) is 0 Å². The molecule has 14 heavy (non-hydrogen) atoms. The summed E-state index contributed by atoms with van der Waals surface area (Å²) < 4.78 is 0. The van der Waals surface area contributed by atoms with Crippen molar-refractivity contribution in [1.29, 1.82) is 0 Å². The van der Waals surface area contributed by atoms with Gasteiger partial charge in [0.15, 0.2) is 0 Å². The first-order valence-electron chi connectivity index (χ1n) is 4.89. The van der Waals surface area contributed by atoms with E-state index in [1.165, 1.54) is 11.1 Å². The summed E-state index contributed by atoms with van der Waals surface area (Å²) in [5, 5.41) is 0. The zero-order chi connectivity index (χ0) is 9.64. The van der Waals surface area contributed by atoms with Crippen molar-refractivity contribution in [2.45, 2.75) is 12.8 Å². The van der Waals surface area contributed by atoms with Gasteiger partial charge in [-0.3, -0.25) is 4.98 Å². The second-order valence-electron chi connectivity index (χ2n) is 3.32. The third-order valence-corrected chi connectivity index (χ3v) is 2.24. The van der Waals surface area contributed by atoms with Crippen LogP contribution in [-0.2, 0) is 0 Å². The maximum Gasteiger partial charge on any atom is 0.0273 e. The van der Waals surface area contributed by atoms with Crippen molar-refractivity contribution < 1.29 is 0 Å². The Labute approximate surface area is 84.5 Å². The monoisotopic (exact) mass is 183 g/mol. The van der Waals surface area contributed by atoms with Crippen molar-refractivity contribution in [2.75, 3.05) is 0 Å². The first-order chi connectivity index (χ1) is 6.95. The van der Waals surface area contributed by atoms with Crippen LogP contribution in [0.15, 0.2) is 54.4 Å². The van der Waals surface area contributed by atoms with Gasteiger partial charge in [-0.15, -0.1) is 0 Å². The molecule has 0 saturated carbocycles. The topological polar surface area (TPSA) is 12.9 Å². The normalized spacial score (nSPS) is 15.9. The van der Waals surface area contributed by atoms with E-state index < -0.39 is 0 Å². The van der Waals surface area contributed by atoms with E-state index in [4.69, 9.17) is 0 Å². The molecule has 1 heteroatoms. The molecule has 0 amide bonds. The number of pyridine rings is 1. The molecule has 0 N–H and O–H groups in total. The molecular formula is C13H13N. The van der Waals surface area contributed by atoms with Crippen molar-refractivity contribution in [3.8, 4) is 0 Å². The molecule has 2 rings (SSSR count). The van der Waals surface area contributed by atoms with Crippen LogP contribution < -0.4 is 0 Å². The van der Waals surface area contributed by atoms with Crippen LogP contribution in [0.5, 0.6) is 0 Å². The van der Waals surface area contributed by atoms with E-state index >= 15 is 0 Å². The van der Waals surface area contributed by atoms with Crippen LogP contribution in [0.25, 0.3) is 6.08 Å². The standard InChI is InChI=1S/C13H13N/c1-2-4-12(5-3-1)6-7-13-8-10-14-11-9-13/h1-2,4,6-11H,3,5H2/b7-6+. The number of rotatable bonds is 2. The van der Waals surface area contributed by atoms with E-state index in [1.54, 1.807) is 0 Å². The number of hydrogen-bond acceptors (Lipinski definition) is 1. The highest BCUT2D eigenvalue weighted by Gasteiger charge is 1.94. The molecule has 0 unspecified atom stereocenters. The van der Waals surface area contributed by atoms with E-state index in [1.807, 2.05) is 24.5 Å². The van der Waals surface area contributed by atoms with Gasteiger partial charge in [-0.2, -0.15) is 0 Å². The van der Waals surface area contributed by atoms with Crippen LogP contribution in [0.3, 0.4) is 0 Å². The Morgan fingerprint density at radius 2 is 2.00 bits per heavy atom. The van der Waals surface area contributed by atoms with E-state index in [9.17, 15) is 0 Å². The first-order valence-corrected chi connectivity index (χ1v) is 4.89. The van der Waals surface area contributed by atoms with Gasteiger partial charge in [0.25, 0.3) is 0 Å². The quantitative estimate of drug-likeness (QED) is 0.685. The summed E-state index contributed by atoms with van der Waals surface area (Å²) in [4.78, 5) is 3.98. The van der Waals surface area contributed by atoms with Gasteiger partial charge in [0.05, 0.1) is 0 Å². The van der Waals surface area contributed by atoms with Crippen LogP contribution in [0, 0.1) is 0 Å². The molecule has 0 aromatic carbocycles. The van der Waals surface area contributed by atoms with Crippen LogP contribution >= 0.6 is 0 Å². The number of aromatic nitrogens is 1. The van der Waals surface area contributed by atoms with Crippen LogP contribution in [0.4, 0.5) is 0 Å². The van der Waals surface area contributed by atoms with Gasteiger partial charge >= 0.3 is 0 Å². The molecule has 0 saturated heterocycles. The third-order valence-electron chi connectivity index (χ3n) is 2.24. The van der Waals surface area contributed by atoms with Gasteiger partial charge in [0.1, 0.15) is 0 Å². The summed E-state index contributed by atoms with van der Waals surface area (Å²) in [7, 11) is 0. The molecule has 1 aliphatic rings. The Morgan fingerprint density at radius 3 is 2.71 bits per heavy atom. The molecule has 1 aliphatic carbocycles. The Bertz CT molecular complexity index is 371. The molecule has 0 atom stereocenters. The molecule has 0 spiro atoms. The molecule has 1 aromatic heterocycles. The molecule has 0 aliphatic heterocycles. The van der Waals surface area contributed by atoms with E-state index in [0.717, 1.165) is 12.8 Å². The molecule has 0 bridgehead atoms. The predicted octanol–water partition coefficient (Wildman–Crippen LogP) is 3.37. The van der Waals surface area contributed by atoms with Crippen molar-refractivity contribution in [2.24, 2.45) is 0 Å². The minimum absolute atomic E-state index is 1.15. The highest BCUT2D eigenvalue weighted by atomic mass is 14.6. The Balaban J connectivity index is 2.07. The molecule has 70 valence electrons. The van der Waals surface area contributed by atoms with Gasteiger partial charge < -0.3 is 0 Å². The molecule has 1 aromatic rings. The maximum absolute atomic E-state index is 3.98. The maximum atomic E-state index is 3.98. The zero-order valence-electron chi connectivity index (χ0n) is 8.06. The number of allylic oxidation sites excluding steroid dienone is 5. The lowest BCUT2D eigenvalue weighted by Crippen LogP contribution is -1.82. The second kappa shape index (κ2) is 4.56. The van der Waals surface area contributed by atoms with Gasteiger partial charge in [0.2, 0.25) is 0 Å². The van der Waals surface area contributed by atoms with Crippen molar-refractivity contribution >= 4 is 6.08 Å². The highest BCUT2D eigenvalue weighted by Crippen LogP contribution is 2.14. The minimum atomic E-state index is 1.15. The van der Waals surface area contributed by atoms with E-state index in [0.29, 0.717) is 0 Å². The Kier molecular flexibility index (Phi) is 2.92. The van der Waals surface area contributed by atoms with E-state index in [-0.39, 0.29) is 0 Å². The fraction of sp³-hybridized carbons (Fsp3) is 0.154. The van der Waals surface area contributed by atoms with Crippen LogP contribution in [-0.4, -0.2) is 4.98 Å². The average Bonchev–Trinajstić information content (AvgIpc) is 2.29. The van der Waals surface area contributed by atoms with Gasteiger partial charge in [-0.25, -0.2) is 0 Å². The SMILES string of the molecule is C1=CCCC(/C=C/c2ccncc2)=C1. The lowest BCUT2D eigenvalue weighted by atomic mass is 10.0. The van der Waals surface area contributed by atoms with Crippen molar-refractivity contribution in [1.82, 2.24) is 4.98 Å². The molecule has 1 heterocycles. The molecular weight excluding hydrogens is 170 g/mol. The minimum Gasteiger partial charge on any atom is -0.265 e. The summed E-state index contributed by atoms with van der Waals surface area (Å²) in [6.45, 7) is 0. The molecule has 0 fully saturated rings. The third kappa shape index (κ3) is 2.43. The Morgan fingerprint density at radius 1 is 1.14 bits per heavy atom. The molecule has 1 nitrogen and oxygen atoms in total. The largest absolute Gasteiger partial charge is 0.265 e. The summed E-state index contributed by atoms with van der Waals surface area (Å²) in [6, 6.07) is 4.02. The highest BCUT2D eigenvalue weighted by molar-refractivity contribution is 5.52. The Hall–Kier alpha value is -1.63. The number of hydrogen-bond donors (Lipinski definition) is 0. The average molecular weight is 183 g/mol.